The van der Waals surface area contributed by atoms with E-state index < -0.39 is 47.5 Å². The van der Waals surface area contributed by atoms with E-state index in [1.807, 2.05) is 0 Å². The maximum Gasteiger partial charge on any atom is 0.435 e. The Morgan fingerprint density at radius 3 is 2.13 bits per heavy atom. The number of halogens is 8. The van der Waals surface area contributed by atoms with Crippen LogP contribution in [0.15, 0.2) is 36.4 Å². The Morgan fingerprint density at radius 2 is 1.59 bits per heavy atom. The summed E-state index contributed by atoms with van der Waals surface area (Å²) in [6.45, 7) is 4.47. The number of hydrogen-bond acceptors (Lipinski definition) is 4. The molecule has 214 valence electrons. The molecule has 0 spiro atoms. The van der Waals surface area contributed by atoms with Gasteiger partial charge in [-0.3, -0.25) is 9.59 Å². The fourth-order valence-corrected chi connectivity index (χ4v) is 4.12. The third-order valence-corrected chi connectivity index (χ3v) is 6.20. The van der Waals surface area contributed by atoms with Gasteiger partial charge in [-0.2, -0.15) is 26.3 Å². The van der Waals surface area contributed by atoms with Gasteiger partial charge in [0.1, 0.15) is 6.61 Å². The number of benzene rings is 2. The Bertz CT molecular complexity index is 1220. The van der Waals surface area contributed by atoms with Crippen LogP contribution in [0.4, 0.5) is 41.2 Å². The highest BCUT2D eigenvalue weighted by atomic mass is 127. The van der Waals surface area contributed by atoms with E-state index in [9.17, 15) is 45.1 Å². The summed E-state index contributed by atoms with van der Waals surface area (Å²) in [6.07, 6.45) is -13.3. The molecule has 2 aromatic rings. The molecule has 2 rings (SSSR count). The van der Waals surface area contributed by atoms with E-state index in [1.54, 1.807) is 36.4 Å². The minimum absolute atomic E-state index is 0.0772. The lowest BCUT2D eigenvalue weighted by Gasteiger charge is -2.30. The van der Waals surface area contributed by atoms with Crippen molar-refractivity contribution in [1.82, 2.24) is 10.6 Å². The Kier molecular flexibility index (Phi) is 10.2. The number of carbonyl (C=O) groups is 3. The fraction of sp³-hybridized carbons (Fsp3) is 0.375. The van der Waals surface area contributed by atoms with Crippen molar-refractivity contribution in [2.45, 2.75) is 44.8 Å². The molecule has 0 heterocycles. The van der Waals surface area contributed by atoms with Crippen LogP contribution in [0.1, 0.15) is 45.7 Å². The molecule has 7 nitrogen and oxygen atoms in total. The molecule has 0 radical (unpaired) electrons. The van der Waals surface area contributed by atoms with Crippen LogP contribution >= 0.6 is 22.6 Å². The second-order valence-corrected chi connectivity index (χ2v) is 9.47. The van der Waals surface area contributed by atoms with Gasteiger partial charge in [-0.05, 0) is 67.1 Å². The molecule has 3 amide bonds. The lowest BCUT2D eigenvalue weighted by Crippen LogP contribution is -2.50. The zero-order valence-electron chi connectivity index (χ0n) is 20.6. The van der Waals surface area contributed by atoms with Gasteiger partial charge in [0.15, 0.2) is 0 Å². The number of ether oxygens (including phenoxy) is 1. The number of alkyl carbamates (subject to hydrolysis) is 1. The topological polar surface area (TPSA) is 96.5 Å². The highest BCUT2D eigenvalue weighted by Gasteiger charge is 2.73. The first kappa shape index (κ1) is 32.1. The van der Waals surface area contributed by atoms with Gasteiger partial charge in [0.25, 0.3) is 11.8 Å². The first-order chi connectivity index (χ1) is 17.9. The van der Waals surface area contributed by atoms with E-state index in [-0.39, 0.29) is 35.1 Å². The first-order valence-corrected chi connectivity index (χ1v) is 12.3. The first-order valence-electron chi connectivity index (χ1n) is 11.2. The van der Waals surface area contributed by atoms with Gasteiger partial charge in [0.2, 0.25) is 0 Å². The summed E-state index contributed by atoms with van der Waals surface area (Å²) < 4.78 is 98.2. The van der Waals surface area contributed by atoms with Crippen LogP contribution in [0.2, 0.25) is 0 Å². The zero-order valence-corrected chi connectivity index (χ0v) is 22.8. The minimum Gasteiger partial charge on any atom is -0.447 e. The van der Waals surface area contributed by atoms with Crippen molar-refractivity contribution in [2.75, 3.05) is 18.5 Å². The fourth-order valence-electron chi connectivity index (χ4n) is 3.37. The summed E-state index contributed by atoms with van der Waals surface area (Å²) in [5, 5.41) is 7.31. The molecule has 0 saturated carbocycles. The number of amides is 3. The van der Waals surface area contributed by atoms with E-state index in [2.05, 4.69) is 16.0 Å². The number of rotatable bonds is 8. The quantitative estimate of drug-likeness (QED) is 0.236. The maximum absolute atomic E-state index is 14.4. The summed E-state index contributed by atoms with van der Waals surface area (Å²) in [4.78, 5) is 37.4. The van der Waals surface area contributed by atoms with Crippen molar-refractivity contribution in [3.63, 3.8) is 0 Å². The smallest absolute Gasteiger partial charge is 0.435 e. The van der Waals surface area contributed by atoms with Crippen LogP contribution in [0.25, 0.3) is 0 Å². The molecule has 39 heavy (non-hydrogen) atoms. The predicted octanol–water partition coefficient (Wildman–Crippen LogP) is 6.01. The van der Waals surface area contributed by atoms with Gasteiger partial charge in [-0.25, -0.2) is 9.18 Å². The van der Waals surface area contributed by atoms with Gasteiger partial charge < -0.3 is 20.7 Å². The van der Waals surface area contributed by atoms with Crippen LogP contribution in [-0.2, 0) is 10.4 Å². The summed E-state index contributed by atoms with van der Waals surface area (Å²) in [5.74, 6) is -1.61. The number of alkyl halides is 7. The highest BCUT2D eigenvalue weighted by molar-refractivity contribution is 14.1. The van der Waals surface area contributed by atoms with Crippen LogP contribution in [-0.4, -0.2) is 49.5 Å². The average molecular weight is 677 g/mol. The SMILES string of the molecule is CCNC(=O)OCC(C)NC(=O)c1c(I)cccc1C(=O)Nc1ccc(C(F)(C(F)(F)F)C(F)(F)F)cc1C. The Labute approximate surface area is 232 Å². The Morgan fingerprint density at radius 1 is 0.974 bits per heavy atom. The van der Waals surface area contributed by atoms with Crippen LogP contribution < -0.4 is 16.0 Å². The highest BCUT2D eigenvalue weighted by Crippen LogP contribution is 2.53. The van der Waals surface area contributed by atoms with Crippen molar-refractivity contribution in [1.29, 1.82) is 0 Å². The van der Waals surface area contributed by atoms with Crippen LogP contribution in [0.5, 0.6) is 0 Å². The van der Waals surface area contributed by atoms with Crippen molar-refractivity contribution in [3.8, 4) is 0 Å². The van der Waals surface area contributed by atoms with Gasteiger partial charge in [0.05, 0.1) is 17.2 Å². The Balaban J connectivity index is 2.30. The second-order valence-electron chi connectivity index (χ2n) is 8.30. The molecule has 0 aliphatic rings. The number of nitrogens with one attached hydrogen (secondary N) is 3. The van der Waals surface area contributed by atoms with Crippen LogP contribution in [0, 0.1) is 10.5 Å². The molecular formula is C24H23F7IN3O4. The van der Waals surface area contributed by atoms with Crippen molar-refractivity contribution in [2.24, 2.45) is 0 Å². The van der Waals surface area contributed by atoms with Crippen LogP contribution in [0.3, 0.4) is 0 Å². The number of carbonyl (C=O) groups excluding carboxylic acids is 3. The normalized spacial score (nSPS) is 12.9. The molecule has 3 N–H and O–H groups in total. The largest absolute Gasteiger partial charge is 0.447 e. The molecule has 2 aromatic carbocycles. The van der Waals surface area contributed by atoms with Gasteiger partial charge in [-0.1, -0.05) is 18.2 Å². The van der Waals surface area contributed by atoms with Crippen molar-refractivity contribution < 1.29 is 49.9 Å². The Hall–Kier alpha value is -3.11. The molecule has 0 aliphatic carbocycles. The van der Waals surface area contributed by atoms with E-state index >= 15 is 0 Å². The lowest BCUT2D eigenvalue weighted by molar-refractivity contribution is -0.348. The maximum atomic E-state index is 14.4. The van der Waals surface area contributed by atoms with Gasteiger partial charge >= 0.3 is 24.1 Å². The molecular weight excluding hydrogens is 654 g/mol. The monoisotopic (exact) mass is 677 g/mol. The number of anilines is 1. The number of hydrogen-bond donors (Lipinski definition) is 3. The van der Waals surface area contributed by atoms with E-state index in [0.717, 1.165) is 6.92 Å². The van der Waals surface area contributed by atoms with E-state index in [1.165, 1.54) is 18.2 Å². The third-order valence-electron chi connectivity index (χ3n) is 5.30. The van der Waals surface area contributed by atoms with Gasteiger partial charge in [-0.15, -0.1) is 0 Å². The van der Waals surface area contributed by atoms with E-state index in [4.69, 9.17) is 4.74 Å². The van der Waals surface area contributed by atoms with Crippen molar-refractivity contribution in [3.05, 3.63) is 62.2 Å². The standard InChI is InChI=1S/C24H23F7IN3O4/c1-4-33-21(38)39-11-13(3)34-20(37)18-15(6-5-7-16(18)32)19(36)35-17-9-8-14(10-12(17)2)22(25,23(26,27)28)24(29,30)31/h5-10,13H,4,11H2,1-3H3,(H,33,38)(H,34,37)(H,35,36). The third kappa shape index (κ3) is 7.30. The molecule has 0 bridgehead atoms. The molecule has 15 heteroatoms. The summed E-state index contributed by atoms with van der Waals surface area (Å²) in [7, 11) is 0. The molecule has 0 saturated heterocycles. The molecule has 0 fully saturated rings. The number of aryl methyl sites for hydroxylation is 1. The average Bonchev–Trinajstić information content (AvgIpc) is 2.81. The second kappa shape index (κ2) is 12.4. The predicted molar refractivity (Wildman–Crippen MR) is 135 cm³/mol. The molecule has 1 atom stereocenters. The summed E-state index contributed by atoms with van der Waals surface area (Å²) >= 11 is 1.80. The minimum atomic E-state index is -6.28. The lowest BCUT2D eigenvalue weighted by atomic mass is 9.92. The van der Waals surface area contributed by atoms with E-state index in [0.29, 0.717) is 22.2 Å². The zero-order chi connectivity index (χ0) is 29.8. The summed E-state index contributed by atoms with van der Waals surface area (Å²) in [5.41, 5.74) is -8.05. The van der Waals surface area contributed by atoms with Crippen molar-refractivity contribution >= 4 is 46.2 Å². The molecule has 1 unspecified atom stereocenters. The van der Waals surface area contributed by atoms with Gasteiger partial charge in [0, 0.05) is 21.4 Å². The molecule has 0 aromatic heterocycles. The summed E-state index contributed by atoms with van der Waals surface area (Å²) in [6, 6.07) is 4.93. The molecule has 0 aliphatic heterocycles.